The van der Waals surface area contributed by atoms with E-state index >= 15 is 0 Å². The molecule has 92 valence electrons. The maximum Gasteiger partial charge on any atom is 0.138 e. The zero-order valence-corrected chi connectivity index (χ0v) is 10.9. The van der Waals surface area contributed by atoms with Crippen molar-refractivity contribution >= 4 is 12.6 Å². The lowest BCUT2D eigenvalue weighted by atomic mass is 10.0. The number of fused-ring (bicyclic) bond motifs is 1. The Bertz CT molecular complexity index is 571. The van der Waals surface area contributed by atoms with Crippen molar-refractivity contribution in [2.45, 2.75) is 18.6 Å². The van der Waals surface area contributed by atoms with E-state index in [0.29, 0.717) is 5.75 Å². The molecule has 2 heterocycles. The summed E-state index contributed by atoms with van der Waals surface area (Å²) in [4.78, 5) is 8.64. The smallest absolute Gasteiger partial charge is 0.138 e. The Morgan fingerprint density at radius 2 is 2.22 bits per heavy atom. The van der Waals surface area contributed by atoms with Gasteiger partial charge in [-0.2, -0.15) is 12.6 Å². The van der Waals surface area contributed by atoms with Gasteiger partial charge in [0.1, 0.15) is 11.6 Å². The van der Waals surface area contributed by atoms with Gasteiger partial charge in [-0.1, -0.05) is 0 Å². The highest BCUT2D eigenvalue weighted by Crippen LogP contribution is 2.29. The molecular formula is C14H14N2OS. The van der Waals surface area contributed by atoms with E-state index in [1.165, 1.54) is 5.56 Å². The van der Waals surface area contributed by atoms with Gasteiger partial charge in [0.2, 0.25) is 0 Å². The van der Waals surface area contributed by atoms with Crippen molar-refractivity contribution in [2.75, 3.05) is 6.61 Å². The molecule has 1 aromatic carbocycles. The first kappa shape index (κ1) is 11.5. The maximum atomic E-state index is 5.61. The van der Waals surface area contributed by atoms with Crippen molar-refractivity contribution in [3.05, 3.63) is 41.9 Å². The Hall–Kier alpha value is -1.55. The van der Waals surface area contributed by atoms with Crippen LogP contribution in [0.3, 0.4) is 0 Å². The molecule has 0 spiro atoms. The number of ether oxygens (including phenoxy) is 1. The van der Waals surface area contributed by atoms with Gasteiger partial charge in [0, 0.05) is 11.8 Å². The zero-order valence-electron chi connectivity index (χ0n) is 9.97. The molecule has 3 rings (SSSR count). The molecule has 0 N–H and O–H groups in total. The summed E-state index contributed by atoms with van der Waals surface area (Å²) in [5.41, 5.74) is 3.33. The number of aryl methyl sites for hydroxylation is 1. The molecule has 0 fully saturated rings. The molecule has 4 heteroatoms. The quantitative estimate of drug-likeness (QED) is 0.841. The Morgan fingerprint density at radius 1 is 1.28 bits per heavy atom. The molecule has 0 bridgehead atoms. The number of aromatic nitrogens is 2. The SMILES string of the molecule is SCc1nccc(-c2ccc3c(c2)CCCO3)n1. The van der Waals surface area contributed by atoms with Gasteiger partial charge >= 0.3 is 0 Å². The molecule has 0 saturated heterocycles. The van der Waals surface area contributed by atoms with Crippen LogP contribution in [0.2, 0.25) is 0 Å². The number of rotatable bonds is 2. The lowest BCUT2D eigenvalue weighted by Gasteiger charge is -2.17. The Morgan fingerprint density at radius 3 is 3.11 bits per heavy atom. The van der Waals surface area contributed by atoms with E-state index in [-0.39, 0.29) is 0 Å². The van der Waals surface area contributed by atoms with Crippen LogP contribution in [0.25, 0.3) is 11.3 Å². The van der Waals surface area contributed by atoms with Gasteiger partial charge in [0.15, 0.2) is 0 Å². The minimum absolute atomic E-state index is 0.557. The molecule has 0 unspecified atom stereocenters. The molecule has 1 aliphatic heterocycles. The van der Waals surface area contributed by atoms with Crippen LogP contribution in [-0.2, 0) is 12.2 Å². The molecule has 1 aliphatic rings. The predicted molar refractivity (Wildman–Crippen MR) is 74.0 cm³/mol. The summed E-state index contributed by atoms with van der Waals surface area (Å²) in [6.07, 6.45) is 3.94. The average molecular weight is 258 g/mol. The molecule has 0 amide bonds. The van der Waals surface area contributed by atoms with E-state index in [2.05, 4.69) is 34.7 Å². The van der Waals surface area contributed by atoms with Gasteiger partial charge in [-0.15, -0.1) is 0 Å². The fourth-order valence-electron chi connectivity index (χ4n) is 2.16. The van der Waals surface area contributed by atoms with Crippen LogP contribution in [0.1, 0.15) is 17.8 Å². The second-order valence-corrected chi connectivity index (χ2v) is 4.61. The van der Waals surface area contributed by atoms with Crippen molar-refractivity contribution in [3.63, 3.8) is 0 Å². The lowest BCUT2D eigenvalue weighted by molar-refractivity contribution is 0.288. The fraction of sp³-hybridized carbons (Fsp3) is 0.286. The standard InChI is InChI=1S/C14H14N2OS/c18-9-14-15-6-5-12(16-14)10-3-4-13-11(8-10)2-1-7-17-13/h3-6,8,18H,1-2,7,9H2. The first-order chi connectivity index (χ1) is 8.86. The summed E-state index contributed by atoms with van der Waals surface area (Å²) in [5.74, 6) is 2.32. The molecule has 2 aromatic rings. The van der Waals surface area contributed by atoms with Crippen LogP contribution in [0.5, 0.6) is 5.75 Å². The number of nitrogens with zero attached hydrogens (tertiary/aromatic N) is 2. The minimum Gasteiger partial charge on any atom is -0.493 e. The second-order valence-electron chi connectivity index (χ2n) is 4.29. The summed E-state index contributed by atoms with van der Waals surface area (Å²) in [6.45, 7) is 0.823. The van der Waals surface area contributed by atoms with E-state index in [0.717, 1.165) is 42.3 Å². The van der Waals surface area contributed by atoms with Crippen molar-refractivity contribution in [1.29, 1.82) is 0 Å². The Labute approximate surface area is 112 Å². The number of hydrogen-bond acceptors (Lipinski definition) is 4. The topological polar surface area (TPSA) is 35.0 Å². The number of benzene rings is 1. The van der Waals surface area contributed by atoms with E-state index < -0.39 is 0 Å². The van der Waals surface area contributed by atoms with E-state index in [9.17, 15) is 0 Å². The first-order valence-corrected chi connectivity index (χ1v) is 6.69. The molecule has 0 atom stereocenters. The minimum atomic E-state index is 0.557. The van der Waals surface area contributed by atoms with Gasteiger partial charge in [-0.25, -0.2) is 9.97 Å². The van der Waals surface area contributed by atoms with E-state index in [4.69, 9.17) is 4.74 Å². The van der Waals surface area contributed by atoms with Crippen molar-refractivity contribution < 1.29 is 4.74 Å². The van der Waals surface area contributed by atoms with Crippen LogP contribution in [0, 0.1) is 0 Å². The van der Waals surface area contributed by atoms with Gasteiger partial charge in [0.25, 0.3) is 0 Å². The van der Waals surface area contributed by atoms with Crippen molar-refractivity contribution in [3.8, 4) is 17.0 Å². The Balaban J connectivity index is 2.00. The third-order valence-electron chi connectivity index (χ3n) is 3.05. The third-order valence-corrected chi connectivity index (χ3v) is 3.33. The summed E-state index contributed by atoms with van der Waals surface area (Å²) in [7, 11) is 0. The first-order valence-electron chi connectivity index (χ1n) is 6.06. The number of thiol groups is 1. The zero-order chi connectivity index (χ0) is 12.4. The highest BCUT2D eigenvalue weighted by atomic mass is 32.1. The Kier molecular flexibility index (Phi) is 3.19. The molecule has 18 heavy (non-hydrogen) atoms. The van der Waals surface area contributed by atoms with Gasteiger partial charge in [-0.05, 0) is 42.7 Å². The normalized spacial score (nSPS) is 13.8. The molecule has 0 radical (unpaired) electrons. The summed E-state index contributed by atoms with van der Waals surface area (Å²) in [6, 6.07) is 8.18. The van der Waals surface area contributed by atoms with Crippen LogP contribution in [-0.4, -0.2) is 16.6 Å². The van der Waals surface area contributed by atoms with Crippen LogP contribution < -0.4 is 4.74 Å². The lowest BCUT2D eigenvalue weighted by Crippen LogP contribution is -2.08. The summed E-state index contributed by atoms with van der Waals surface area (Å²) < 4.78 is 5.61. The molecule has 0 saturated carbocycles. The van der Waals surface area contributed by atoms with Crippen LogP contribution in [0.4, 0.5) is 0 Å². The van der Waals surface area contributed by atoms with Crippen molar-refractivity contribution in [2.24, 2.45) is 0 Å². The van der Waals surface area contributed by atoms with Gasteiger partial charge in [-0.3, -0.25) is 0 Å². The monoisotopic (exact) mass is 258 g/mol. The maximum absolute atomic E-state index is 5.61. The second kappa shape index (κ2) is 4.98. The highest BCUT2D eigenvalue weighted by Gasteiger charge is 2.11. The van der Waals surface area contributed by atoms with E-state index in [1.54, 1.807) is 6.20 Å². The fourth-order valence-corrected chi connectivity index (χ4v) is 2.31. The molecular weight excluding hydrogens is 244 g/mol. The third kappa shape index (κ3) is 2.20. The van der Waals surface area contributed by atoms with E-state index in [1.807, 2.05) is 12.1 Å². The van der Waals surface area contributed by atoms with Crippen molar-refractivity contribution in [1.82, 2.24) is 9.97 Å². The average Bonchev–Trinajstić information content (AvgIpc) is 2.47. The van der Waals surface area contributed by atoms with Crippen LogP contribution in [0.15, 0.2) is 30.5 Å². The van der Waals surface area contributed by atoms with Gasteiger partial charge < -0.3 is 4.74 Å². The largest absolute Gasteiger partial charge is 0.493 e. The predicted octanol–water partition coefficient (Wildman–Crippen LogP) is 2.90. The highest BCUT2D eigenvalue weighted by molar-refractivity contribution is 7.79. The van der Waals surface area contributed by atoms with Crippen LogP contribution >= 0.6 is 12.6 Å². The van der Waals surface area contributed by atoms with Gasteiger partial charge in [0.05, 0.1) is 18.1 Å². The number of hydrogen-bond donors (Lipinski definition) is 1. The molecule has 1 aromatic heterocycles. The summed E-state index contributed by atoms with van der Waals surface area (Å²) >= 11 is 4.20. The molecule has 3 nitrogen and oxygen atoms in total. The molecule has 0 aliphatic carbocycles. The summed E-state index contributed by atoms with van der Waals surface area (Å²) in [5, 5.41) is 0.